The highest BCUT2D eigenvalue weighted by atomic mass is 16.5. The molecule has 0 atom stereocenters. The maximum atomic E-state index is 11.5. The van der Waals surface area contributed by atoms with E-state index in [1.165, 1.54) is 6.21 Å². The van der Waals surface area contributed by atoms with Gasteiger partial charge in [-0.25, -0.2) is 10.2 Å². The standard InChI is InChI=1S/C17H17N3O3/c21-16(20-19-11-14-7-3-1-4-8-14)12-18-17(22)23-13-15-9-5-2-6-10-15/h1-11H,12-13H2,(H,18,22)(H,20,21). The number of hydrazone groups is 1. The smallest absolute Gasteiger partial charge is 0.407 e. The van der Waals surface area contributed by atoms with Gasteiger partial charge in [-0.2, -0.15) is 5.10 Å². The average Bonchev–Trinajstić information content (AvgIpc) is 2.60. The first-order valence-corrected chi connectivity index (χ1v) is 7.05. The van der Waals surface area contributed by atoms with E-state index in [4.69, 9.17) is 4.74 Å². The fourth-order valence-electron chi connectivity index (χ4n) is 1.68. The molecule has 0 bridgehead atoms. The number of rotatable bonds is 6. The molecule has 0 spiro atoms. The van der Waals surface area contributed by atoms with Gasteiger partial charge in [0, 0.05) is 0 Å². The lowest BCUT2D eigenvalue weighted by Gasteiger charge is -2.06. The molecule has 0 unspecified atom stereocenters. The van der Waals surface area contributed by atoms with Gasteiger partial charge in [-0.1, -0.05) is 60.7 Å². The van der Waals surface area contributed by atoms with E-state index in [0.717, 1.165) is 11.1 Å². The van der Waals surface area contributed by atoms with E-state index in [9.17, 15) is 9.59 Å². The number of benzene rings is 2. The van der Waals surface area contributed by atoms with Gasteiger partial charge < -0.3 is 10.1 Å². The molecule has 0 aromatic heterocycles. The zero-order valence-electron chi connectivity index (χ0n) is 12.4. The van der Waals surface area contributed by atoms with E-state index < -0.39 is 12.0 Å². The molecule has 2 rings (SSSR count). The Labute approximate surface area is 134 Å². The number of alkyl carbamates (subject to hydrolysis) is 1. The third-order valence-electron chi connectivity index (χ3n) is 2.81. The van der Waals surface area contributed by atoms with E-state index in [1.807, 2.05) is 60.7 Å². The van der Waals surface area contributed by atoms with Crippen molar-refractivity contribution in [3.05, 3.63) is 71.8 Å². The minimum atomic E-state index is -0.656. The zero-order valence-corrected chi connectivity index (χ0v) is 12.4. The van der Waals surface area contributed by atoms with Gasteiger partial charge in [0.15, 0.2) is 0 Å². The van der Waals surface area contributed by atoms with Crippen molar-refractivity contribution in [1.29, 1.82) is 0 Å². The summed E-state index contributed by atoms with van der Waals surface area (Å²) < 4.78 is 4.98. The van der Waals surface area contributed by atoms with E-state index in [1.54, 1.807) is 0 Å². The van der Waals surface area contributed by atoms with Gasteiger partial charge in [-0.3, -0.25) is 4.79 Å². The molecule has 0 heterocycles. The molecule has 0 saturated heterocycles. The Hall–Kier alpha value is -3.15. The second-order valence-electron chi connectivity index (χ2n) is 4.62. The Bertz CT molecular complexity index is 657. The molecule has 118 valence electrons. The molecule has 0 aliphatic heterocycles. The summed E-state index contributed by atoms with van der Waals surface area (Å²) in [6.45, 7) is -0.0554. The SMILES string of the molecule is O=C(CNC(=O)OCc1ccccc1)NN=Cc1ccccc1. The van der Waals surface area contributed by atoms with Gasteiger partial charge in [0.2, 0.25) is 0 Å². The fraction of sp³-hybridized carbons (Fsp3) is 0.118. The lowest BCUT2D eigenvalue weighted by molar-refractivity contribution is -0.120. The topological polar surface area (TPSA) is 79.8 Å². The van der Waals surface area contributed by atoms with Crippen LogP contribution < -0.4 is 10.7 Å². The summed E-state index contributed by atoms with van der Waals surface area (Å²) in [6.07, 6.45) is 0.863. The molecule has 2 aromatic carbocycles. The third-order valence-corrected chi connectivity index (χ3v) is 2.81. The number of hydrogen-bond acceptors (Lipinski definition) is 4. The van der Waals surface area contributed by atoms with Crippen LogP contribution >= 0.6 is 0 Å². The van der Waals surface area contributed by atoms with Crippen molar-refractivity contribution >= 4 is 18.2 Å². The highest BCUT2D eigenvalue weighted by Gasteiger charge is 2.05. The van der Waals surface area contributed by atoms with Gasteiger partial charge in [0.25, 0.3) is 5.91 Å². The summed E-state index contributed by atoms with van der Waals surface area (Å²) >= 11 is 0. The van der Waals surface area contributed by atoms with E-state index in [0.29, 0.717) is 0 Å². The van der Waals surface area contributed by atoms with Crippen LogP contribution in [0.2, 0.25) is 0 Å². The van der Waals surface area contributed by atoms with Gasteiger partial charge in [0.05, 0.1) is 6.21 Å². The molecule has 2 aromatic rings. The predicted molar refractivity (Wildman–Crippen MR) is 86.8 cm³/mol. The van der Waals surface area contributed by atoms with E-state index >= 15 is 0 Å². The van der Waals surface area contributed by atoms with E-state index in [-0.39, 0.29) is 13.2 Å². The first-order valence-electron chi connectivity index (χ1n) is 7.05. The summed E-state index contributed by atoms with van der Waals surface area (Å²) in [7, 11) is 0. The Balaban J connectivity index is 1.64. The van der Waals surface area contributed by atoms with Gasteiger partial charge in [-0.05, 0) is 11.1 Å². The first-order chi connectivity index (χ1) is 11.2. The van der Waals surface area contributed by atoms with Gasteiger partial charge >= 0.3 is 6.09 Å². The molecular weight excluding hydrogens is 294 g/mol. The number of ether oxygens (including phenoxy) is 1. The zero-order chi connectivity index (χ0) is 16.3. The van der Waals surface area contributed by atoms with Crippen LogP contribution in [0.25, 0.3) is 0 Å². The minimum Gasteiger partial charge on any atom is -0.445 e. The van der Waals surface area contributed by atoms with Crippen LogP contribution in [-0.4, -0.2) is 24.8 Å². The highest BCUT2D eigenvalue weighted by molar-refractivity contribution is 5.84. The Kier molecular flexibility index (Phi) is 6.34. The largest absolute Gasteiger partial charge is 0.445 e. The Morgan fingerprint density at radius 1 is 1.00 bits per heavy atom. The fourth-order valence-corrected chi connectivity index (χ4v) is 1.68. The average molecular weight is 311 g/mol. The summed E-state index contributed by atoms with van der Waals surface area (Å²) in [4.78, 5) is 23.0. The number of carbonyl (C=O) groups excluding carboxylic acids is 2. The molecule has 0 fully saturated rings. The number of carbonyl (C=O) groups is 2. The molecule has 0 aliphatic carbocycles. The summed E-state index contributed by atoms with van der Waals surface area (Å²) in [5, 5.41) is 6.15. The monoisotopic (exact) mass is 311 g/mol. The molecular formula is C17H17N3O3. The predicted octanol–water partition coefficient (Wildman–Crippen LogP) is 2.06. The molecule has 6 heteroatoms. The Morgan fingerprint density at radius 2 is 1.65 bits per heavy atom. The maximum absolute atomic E-state index is 11.5. The van der Waals surface area contributed by atoms with Crippen LogP contribution in [0, 0.1) is 0 Å². The minimum absolute atomic E-state index is 0.153. The van der Waals surface area contributed by atoms with Crippen molar-refractivity contribution in [3.8, 4) is 0 Å². The van der Waals surface area contributed by atoms with E-state index in [2.05, 4.69) is 15.8 Å². The van der Waals surface area contributed by atoms with Crippen LogP contribution in [0.4, 0.5) is 4.79 Å². The second-order valence-corrected chi connectivity index (χ2v) is 4.62. The van der Waals surface area contributed by atoms with Crippen LogP contribution in [0.5, 0.6) is 0 Å². The number of amides is 2. The molecule has 2 N–H and O–H groups in total. The lowest BCUT2D eigenvalue weighted by Crippen LogP contribution is -2.35. The van der Waals surface area contributed by atoms with Crippen molar-refractivity contribution in [1.82, 2.24) is 10.7 Å². The lowest BCUT2D eigenvalue weighted by atomic mass is 10.2. The van der Waals surface area contributed by atoms with Crippen molar-refractivity contribution in [2.24, 2.45) is 5.10 Å². The molecule has 2 amide bonds. The summed E-state index contributed by atoms with van der Waals surface area (Å²) in [5.74, 6) is -0.436. The first kappa shape index (κ1) is 16.2. The van der Waals surface area contributed by atoms with Crippen LogP contribution in [0.15, 0.2) is 65.8 Å². The quantitative estimate of drug-likeness (QED) is 0.633. The maximum Gasteiger partial charge on any atom is 0.407 e. The molecule has 0 radical (unpaired) electrons. The number of nitrogens with one attached hydrogen (secondary N) is 2. The highest BCUT2D eigenvalue weighted by Crippen LogP contribution is 2.00. The van der Waals surface area contributed by atoms with Crippen molar-refractivity contribution in [2.45, 2.75) is 6.61 Å². The molecule has 23 heavy (non-hydrogen) atoms. The number of hydrogen-bond donors (Lipinski definition) is 2. The van der Waals surface area contributed by atoms with Crippen LogP contribution in [-0.2, 0) is 16.1 Å². The second kappa shape index (κ2) is 8.99. The summed E-state index contributed by atoms with van der Waals surface area (Å²) in [5.41, 5.74) is 4.06. The normalized spacial score (nSPS) is 10.3. The van der Waals surface area contributed by atoms with Gasteiger partial charge in [0.1, 0.15) is 13.2 Å². The van der Waals surface area contributed by atoms with Crippen molar-refractivity contribution in [2.75, 3.05) is 6.54 Å². The molecule has 0 aliphatic rings. The summed E-state index contributed by atoms with van der Waals surface area (Å²) in [6, 6.07) is 18.6. The Morgan fingerprint density at radius 3 is 2.35 bits per heavy atom. The third kappa shape index (κ3) is 6.43. The van der Waals surface area contributed by atoms with Crippen molar-refractivity contribution in [3.63, 3.8) is 0 Å². The van der Waals surface area contributed by atoms with Crippen LogP contribution in [0.1, 0.15) is 11.1 Å². The molecule has 6 nitrogen and oxygen atoms in total. The van der Waals surface area contributed by atoms with Crippen molar-refractivity contribution < 1.29 is 14.3 Å². The molecule has 0 saturated carbocycles. The number of nitrogens with zero attached hydrogens (tertiary/aromatic N) is 1. The van der Waals surface area contributed by atoms with Crippen LogP contribution in [0.3, 0.4) is 0 Å². The van der Waals surface area contributed by atoms with Gasteiger partial charge in [-0.15, -0.1) is 0 Å².